The number of halogens is 1. The number of aromatic nitrogens is 2. The number of H-pyrrole nitrogens is 2. The number of rotatable bonds is 0. The Hall–Kier alpha value is -1.74. The van der Waals surface area contributed by atoms with Gasteiger partial charge in [0, 0.05) is 11.6 Å². The van der Waals surface area contributed by atoms with Gasteiger partial charge in [-0.3, -0.25) is 4.79 Å². The van der Waals surface area contributed by atoms with Gasteiger partial charge in [0.05, 0.1) is 16.4 Å². The summed E-state index contributed by atoms with van der Waals surface area (Å²) in [5.74, 6) is 0. The Balaban J connectivity index is 2.67. The highest BCUT2D eigenvalue weighted by Crippen LogP contribution is 2.23. The molecule has 0 aliphatic rings. The second-order valence-corrected chi connectivity index (χ2v) is 3.82. The minimum atomic E-state index is 0.0148. The molecule has 0 amide bonds. The highest BCUT2D eigenvalue weighted by atomic mass is 35.5. The van der Waals surface area contributed by atoms with Crippen LogP contribution in [0.2, 0.25) is 5.15 Å². The number of hydrogen-bond acceptors (Lipinski definition) is 1. The van der Waals surface area contributed by atoms with Gasteiger partial charge in [0.15, 0.2) is 5.43 Å². The van der Waals surface area contributed by atoms with Crippen LogP contribution in [0.15, 0.2) is 35.3 Å². The highest BCUT2D eigenvalue weighted by molar-refractivity contribution is 6.30. The molecule has 0 atom stereocenters. The third-order valence-corrected chi connectivity index (χ3v) is 2.70. The van der Waals surface area contributed by atoms with E-state index < -0.39 is 0 Å². The van der Waals surface area contributed by atoms with Crippen molar-refractivity contribution < 1.29 is 0 Å². The van der Waals surface area contributed by atoms with E-state index in [9.17, 15) is 4.79 Å². The van der Waals surface area contributed by atoms with Gasteiger partial charge in [0.25, 0.3) is 0 Å². The molecule has 0 bridgehead atoms. The normalized spacial score (nSPS) is 11.3. The van der Waals surface area contributed by atoms with E-state index in [0.717, 1.165) is 16.4 Å². The van der Waals surface area contributed by atoms with Crippen molar-refractivity contribution in [1.82, 2.24) is 9.97 Å². The van der Waals surface area contributed by atoms with E-state index in [1.54, 1.807) is 24.4 Å². The summed E-state index contributed by atoms with van der Waals surface area (Å²) < 4.78 is 0. The van der Waals surface area contributed by atoms with E-state index in [1.807, 2.05) is 6.07 Å². The lowest BCUT2D eigenvalue weighted by Gasteiger charge is -1.91. The van der Waals surface area contributed by atoms with Gasteiger partial charge < -0.3 is 9.97 Å². The average molecular weight is 219 g/mol. The van der Waals surface area contributed by atoms with E-state index in [2.05, 4.69) is 9.97 Å². The van der Waals surface area contributed by atoms with Crippen LogP contribution in [-0.4, -0.2) is 9.97 Å². The molecule has 4 heteroatoms. The standard InChI is InChI=1S/C11H7ClN2O/c12-10-4-6-8(5-13-10)14-7-2-1-3-9(15)11(6)7/h1-5,13-14H. The summed E-state index contributed by atoms with van der Waals surface area (Å²) >= 11 is 5.86. The minimum Gasteiger partial charge on any atom is -0.353 e. The number of fused-ring (bicyclic) bond motifs is 3. The molecular weight excluding hydrogens is 212 g/mol. The predicted molar refractivity (Wildman–Crippen MR) is 61.4 cm³/mol. The first-order valence-electron chi connectivity index (χ1n) is 4.54. The van der Waals surface area contributed by atoms with Gasteiger partial charge in [-0.05, 0) is 18.2 Å². The van der Waals surface area contributed by atoms with Crippen LogP contribution in [0.3, 0.4) is 0 Å². The molecule has 2 N–H and O–H groups in total. The van der Waals surface area contributed by atoms with E-state index in [0.29, 0.717) is 10.5 Å². The molecule has 0 radical (unpaired) electrons. The second kappa shape index (κ2) is 2.87. The zero-order chi connectivity index (χ0) is 10.4. The Morgan fingerprint density at radius 1 is 1.20 bits per heavy atom. The maximum absolute atomic E-state index is 11.7. The maximum Gasteiger partial charge on any atom is 0.188 e. The van der Waals surface area contributed by atoms with Crippen molar-refractivity contribution in [3.63, 3.8) is 0 Å². The van der Waals surface area contributed by atoms with Crippen LogP contribution in [-0.2, 0) is 0 Å². The predicted octanol–water partition coefficient (Wildman–Crippen LogP) is 2.66. The average Bonchev–Trinajstić information content (AvgIpc) is 2.57. The molecule has 2 aromatic heterocycles. The number of pyridine rings is 1. The molecule has 74 valence electrons. The van der Waals surface area contributed by atoms with Gasteiger partial charge in [0.2, 0.25) is 0 Å². The number of benzene rings is 1. The van der Waals surface area contributed by atoms with Crippen LogP contribution in [0, 0.1) is 0 Å². The largest absolute Gasteiger partial charge is 0.353 e. The first kappa shape index (κ1) is 8.56. The lowest BCUT2D eigenvalue weighted by molar-refractivity contribution is 1.35. The molecule has 0 saturated carbocycles. The van der Waals surface area contributed by atoms with Crippen LogP contribution >= 0.6 is 11.6 Å². The fourth-order valence-electron chi connectivity index (χ4n) is 1.83. The molecule has 1 aromatic carbocycles. The van der Waals surface area contributed by atoms with Crippen LogP contribution in [0.1, 0.15) is 0 Å². The fourth-order valence-corrected chi connectivity index (χ4v) is 2.00. The molecule has 0 fully saturated rings. The Kier molecular flexibility index (Phi) is 1.64. The molecule has 2 heterocycles. The Morgan fingerprint density at radius 2 is 2.07 bits per heavy atom. The summed E-state index contributed by atoms with van der Waals surface area (Å²) in [5, 5.41) is 2.08. The number of hydrogen-bond donors (Lipinski definition) is 2. The molecule has 3 aromatic rings. The second-order valence-electron chi connectivity index (χ2n) is 3.41. The summed E-state index contributed by atoms with van der Waals surface area (Å²) in [7, 11) is 0. The first-order chi connectivity index (χ1) is 7.25. The van der Waals surface area contributed by atoms with Crippen LogP contribution < -0.4 is 5.43 Å². The van der Waals surface area contributed by atoms with Crippen molar-refractivity contribution in [2.45, 2.75) is 0 Å². The maximum atomic E-state index is 11.7. The topological polar surface area (TPSA) is 48.6 Å². The molecule has 15 heavy (non-hydrogen) atoms. The molecule has 0 aliphatic heterocycles. The zero-order valence-corrected chi connectivity index (χ0v) is 8.43. The van der Waals surface area contributed by atoms with Crippen molar-refractivity contribution in [1.29, 1.82) is 0 Å². The van der Waals surface area contributed by atoms with E-state index >= 15 is 0 Å². The molecular formula is C11H7ClN2O. The van der Waals surface area contributed by atoms with Gasteiger partial charge in [-0.1, -0.05) is 17.7 Å². The smallest absolute Gasteiger partial charge is 0.188 e. The van der Waals surface area contributed by atoms with Crippen molar-refractivity contribution in [3.05, 3.63) is 45.8 Å². The van der Waals surface area contributed by atoms with Crippen molar-refractivity contribution in [2.75, 3.05) is 0 Å². The van der Waals surface area contributed by atoms with Crippen molar-refractivity contribution in [2.24, 2.45) is 0 Å². The van der Waals surface area contributed by atoms with Gasteiger partial charge >= 0.3 is 0 Å². The molecule has 0 saturated heterocycles. The van der Waals surface area contributed by atoms with Crippen molar-refractivity contribution >= 4 is 33.4 Å². The first-order valence-corrected chi connectivity index (χ1v) is 4.92. The zero-order valence-electron chi connectivity index (χ0n) is 7.67. The summed E-state index contributed by atoms with van der Waals surface area (Å²) in [4.78, 5) is 17.7. The third kappa shape index (κ3) is 1.17. The van der Waals surface area contributed by atoms with Gasteiger partial charge in [-0.2, -0.15) is 0 Å². The molecule has 0 aliphatic carbocycles. The summed E-state index contributed by atoms with van der Waals surface area (Å²) in [6.45, 7) is 0. The Labute approximate surface area is 89.7 Å². The molecule has 0 unspecified atom stereocenters. The van der Waals surface area contributed by atoms with Crippen LogP contribution in [0.25, 0.3) is 21.8 Å². The summed E-state index contributed by atoms with van der Waals surface area (Å²) in [6, 6.07) is 6.94. The molecule has 0 spiro atoms. The van der Waals surface area contributed by atoms with Gasteiger partial charge in [-0.25, -0.2) is 0 Å². The SMILES string of the molecule is O=c1cccc2[nH]c3c[nH]c(Cl)cc3c12. The monoisotopic (exact) mass is 218 g/mol. The summed E-state index contributed by atoms with van der Waals surface area (Å²) in [6.07, 6.45) is 1.76. The molecule has 3 rings (SSSR count). The van der Waals surface area contributed by atoms with Crippen molar-refractivity contribution in [3.8, 4) is 0 Å². The highest BCUT2D eigenvalue weighted by Gasteiger charge is 2.06. The van der Waals surface area contributed by atoms with Crippen LogP contribution in [0.5, 0.6) is 0 Å². The number of nitrogens with one attached hydrogen (secondary N) is 2. The summed E-state index contributed by atoms with van der Waals surface area (Å²) in [5.41, 5.74) is 1.74. The van der Waals surface area contributed by atoms with Gasteiger partial charge in [0.1, 0.15) is 5.15 Å². The quantitative estimate of drug-likeness (QED) is 0.560. The number of aromatic amines is 2. The lowest BCUT2D eigenvalue weighted by atomic mass is 10.2. The lowest BCUT2D eigenvalue weighted by Crippen LogP contribution is -1.95. The Morgan fingerprint density at radius 3 is 2.93 bits per heavy atom. The molecule has 3 nitrogen and oxygen atoms in total. The minimum absolute atomic E-state index is 0.0148. The van der Waals surface area contributed by atoms with Crippen LogP contribution in [0.4, 0.5) is 0 Å². The van der Waals surface area contributed by atoms with E-state index in [-0.39, 0.29) is 5.43 Å². The van der Waals surface area contributed by atoms with E-state index in [4.69, 9.17) is 11.6 Å². The fraction of sp³-hybridized carbons (Fsp3) is 0. The van der Waals surface area contributed by atoms with Gasteiger partial charge in [-0.15, -0.1) is 0 Å². The Bertz CT molecular complexity index is 711. The third-order valence-electron chi connectivity index (χ3n) is 2.48. The van der Waals surface area contributed by atoms with E-state index in [1.165, 1.54) is 0 Å².